The highest BCUT2D eigenvalue weighted by Crippen LogP contribution is 2.33. The van der Waals surface area contributed by atoms with E-state index in [-0.39, 0.29) is 18.2 Å². The number of ether oxygens (including phenoxy) is 1. The summed E-state index contributed by atoms with van der Waals surface area (Å²) < 4.78 is 47.2. The van der Waals surface area contributed by atoms with Gasteiger partial charge in [-0.1, -0.05) is 12.1 Å². The van der Waals surface area contributed by atoms with Crippen molar-refractivity contribution in [2.24, 2.45) is 0 Å². The van der Waals surface area contributed by atoms with Gasteiger partial charge in [0.1, 0.15) is 11.4 Å². The molecule has 1 aliphatic rings. The van der Waals surface area contributed by atoms with E-state index in [2.05, 4.69) is 0 Å². The van der Waals surface area contributed by atoms with Crippen molar-refractivity contribution >= 4 is 17.5 Å². The summed E-state index contributed by atoms with van der Waals surface area (Å²) in [5, 5.41) is 0. The highest BCUT2D eigenvalue weighted by Gasteiger charge is 2.30. The van der Waals surface area contributed by atoms with Gasteiger partial charge in [0.2, 0.25) is 11.8 Å². The Kier molecular flexibility index (Phi) is 7.51. The average Bonchev–Trinajstić information content (AvgIpc) is 3.33. The van der Waals surface area contributed by atoms with E-state index >= 15 is 0 Å². The number of methoxy groups -OCH3 is 1. The van der Waals surface area contributed by atoms with Crippen LogP contribution < -0.4 is 4.74 Å². The molecular formula is C30H29F3N4O3. The summed E-state index contributed by atoms with van der Waals surface area (Å²) in [7, 11) is 1.59. The van der Waals surface area contributed by atoms with Crippen LogP contribution in [0.3, 0.4) is 0 Å². The maximum Gasteiger partial charge on any atom is 0.416 e. The SMILES string of the molecule is COc1ccc(-c2nc3ccc(-c4cccc(C(F)(F)F)c4)cn3c2CCC(=O)N2CCN(C(C)=O)CC2)cc1. The molecule has 1 fully saturated rings. The van der Waals surface area contributed by atoms with E-state index < -0.39 is 11.7 Å². The maximum atomic E-state index is 13.4. The smallest absolute Gasteiger partial charge is 0.416 e. The summed E-state index contributed by atoms with van der Waals surface area (Å²) >= 11 is 0. The lowest BCUT2D eigenvalue weighted by Crippen LogP contribution is -2.50. The zero-order valence-corrected chi connectivity index (χ0v) is 22.2. The average molecular weight is 551 g/mol. The Balaban J connectivity index is 1.49. The van der Waals surface area contributed by atoms with Crippen molar-refractivity contribution < 1.29 is 27.5 Å². The number of alkyl halides is 3. The number of nitrogens with zero attached hydrogens (tertiary/aromatic N) is 4. The number of hydrogen-bond acceptors (Lipinski definition) is 4. The molecular weight excluding hydrogens is 521 g/mol. The molecule has 2 aromatic heterocycles. The molecule has 5 rings (SSSR count). The minimum absolute atomic E-state index is 0.00135. The van der Waals surface area contributed by atoms with Crippen LogP contribution >= 0.6 is 0 Å². The number of hydrogen-bond donors (Lipinski definition) is 0. The summed E-state index contributed by atoms with van der Waals surface area (Å²) in [5.41, 5.74) is 3.25. The molecule has 2 aromatic carbocycles. The number of benzene rings is 2. The Bertz CT molecular complexity index is 1540. The van der Waals surface area contributed by atoms with E-state index in [1.165, 1.54) is 13.0 Å². The fourth-order valence-electron chi connectivity index (χ4n) is 5.01. The minimum Gasteiger partial charge on any atom is -0.497 e. The molecule has 7 nitrogen and oxygen atoms in total. The summed E-state index contributed by atoms with van der Waals surface area (Å²) in [5.74, 6) is 0.673. The molecule has 1 aliphatic heterocycles. The molecule has 40 heavy (non-hydrogen) atoms. The highest BCUT2D eigenvalue weighted by atomic mass is 19.4. The number of rotatable bonds is 6. The van der Waals surface area contributed by atoms with E-state index in [0.29, 0.717) is 60.8 Å². The first-order chi connectivity index (χ1) is 19.1. The number of carbonyl (C=O) groups is 2. The molecule has 208 valence electrons. The zero-order valence-electron chi connectivity index (χ0n) is 22.2. The topological polar surface area (TPSA) is 67.2 Å². The predicted octanol–water partition coefficient (Wildman–Crippen LogP) is 5.32. The van der Waals surface area contributed by atoms with Gasteiger partial charge in [0.15, 0.2) is 0 Å². The van der Waals surface area contributed by atoms with Crippen molar-refractivity contribution in [3.8, 4) is 28.1 Å². The number of fused-ring (bicyclic) bond motifs is 1. The Morgan fingerprint density at radius 1 is 0.900 bits per heavy atom. The Labute approximate surface area is 229 Å². The molecule has 0 atom stereocenters. The molecule has 0 aliphatic carbocycles. The molecule has 0 spiro atoms. The van der Waals surface area contributed by atoms with Crippen LogP contribution in [0, 0.1) is 0 Å². The van der Waals surface area contributed by atoms with Gasteiger partial charge in [-0.3, -0.25) is 9.59 Å². The normalized spacial score (nSPS) is 14.0. The van der Waals surface area contributed by atoms with Crippen LogP contribution in [-0.4, -0.2) is 64.3 Å². The molecule has 0 bridgehead atoms. The molecule has 3 heterocycles. The first-order valence-corrected chi connectivity index (χ1v) is 13.0. The highest BCUT2D eigenvalue weighted by molar-refractivity contribution is 5.78. The van der Waals surface area contributed by atoms with Crippen LogP contribution in [-0.2, 0) is 22.2 Å². The third-order valence-corrected chi connectivity index (χ3v) is 7.26. The van der Waals surface area contributed by atoms with Gasteiger partial charge in [-0.2, -0.15) is 13.2 Å². The van der Waals surface area contributed by atoms with Crippen LogP contribution in [0.2, 0.25) is 0 Å². The maximum absolute atomic E-state index is 13.4. The second kappa shape index (κ2) is 11.0. The summed E-state index contributed by atoms with van der Waals surface area (Å²) in [6.45, 7) is 3.51. The van der Waals surface area contributed by atoms with E-state index in [1.807, 2.05) is 28.7 Å². The first kappa shape index (κ1) is 27.2. The molecule has 10 heteroatoms. The van der Waals surface area contributed by atoms with Gasteiger partial charge >= 0.3 is 6.18 Å². The number of aromatic nitrogens is 2. The van der Waals surface area contributed by atoms with Gasteiger partial charge in [0.05, 0.1) is 24.1 Å². The third kappa shape index (κ3) is 5.66. The van der Waals surface area contributed by atoms with Crippen molar-refractivity contribution in [1.29, 1.82) is 0 Å². The lowest BCUT2D eigenvalue weighted by atomic mass is 10.0. The van der Waals surface area contributed by atoms with E-state index in [4.69, 9.17) is 9.72 Å². The first-order valence-electron chi connectivity index (χ1n) is 13.0. The largest absolute Gasteiger partial charge is 0.497 e. The number of pyridine rings is 1. The molecule has 1 saturated heterocycles. The molecule has 2 amide bonds. The lowest BCUT2D eigenvalue weighted by Gasteiger charge is -2.34. The predicted molar refractivity (Wildman–Crippen MR) is 145 cm³/mol. The monoisotopic (exact) mass is 550 g/mol. The Morgan fingerprint density at radius 3 is 2.23 bits per heavy atom. The third-order valence-electron chi connectivity index (χ3n) is 7.26. The molecule has 0 unspecified atom stereocenters. The van der Waals surface area contributed by atoms with Crippen LogP contribution in [0.4, 0.5) is 13.2 Å². The number of amides is 2. The van der Waals surface area contributed by atoms with Crippen molar-refractivity contribution in [1.82, 2.24) is 19.2 Å². The van der Waals surface area contributed by atoms with Gasteiger partial charge in [0.25, 0.3) is 0 Å². The van der Waals surface area contributed by atoms with Crippen molar-refractivity contribution in [3.05, 3.63) is 78.1 Å². The van der Waals surface area contributed by atoms with Crippen molar-refractivity contribution in [2.75, 3.05) is 33.3 Å². The number of piperazine rings is 1. The van der Waals surface area contributed by atoms with Gasteiger partial charge in [-0.15, -0.1) is 0 Å². The Hall–Kier alpha value is -4.34. The lowest BCUT2D eigenvalue weighted by molar-refractivity contribution is -0.138. The van der Waals surface area contributed by atoms with Gasteiger partial charge in [0, 0.05) is 51.3 Å². The number of imidazole rings is 1. The summed E-state index contributed by atoms with van der Waals surface area (Å²) in [4.78, 5) is 33.1. The number of aryl methyl sites for hydroxylation is 1. The Morgan fingerprint density at radius 2 is 1.57 bits per heavy atom. The molecule has 0 saturated carbocycles. The van der Waals surface area contributed by atoms with Gasteiger partial charge in [-0.25, -0.2) is 4.98 Å². The van der Waals surface area contributed by atoms with Crippen LogP contribution in [0.15, 0.2) is 66.9 Å². The van der Waals surface area contributed by atoms with Crippen molar-refractivity contribution in [3.63, 3.8) is 0 Å². The van der Waals surface area contributed by atoms with Crippen molar-refractivity contribution in [2.45, 2.75) is 25.9 Å². The standard InChI is InChI=1S/C30H29F3N4O3/c1-20(38)35-14-16-36(17-15-35)28(39)13-11-26-29(21-6-9-25(40-2)10-7-21)34-27-12-8-23(19-37(26)27)22-4-3-5-24(18-22)30(31,32)33/h3-10,12,18-19H,11,13-17H2,1-2H3. The van der Waals surface area contributed by atoms with Gasteiger partial charge < -0.3 is 18.9 Å². The van der Waals surface area contributed by atoms with Crippen LogP contribution in [0.1, 0.15) is 24.6 Å². The van der Waals surface area contributed by atoms with E-state index in [1.54, 1.807) is 41.3 Å². The minimum atomic E-state index is -4.45. The van der Waals surface area contributed by atoms with E-state index in [9.17, 15) is 22.8 Å². The molecule has 0 radical (unpaired) electrons. The zero-order chi connectivity index (χ0) is 28.4. The van der Waals surface area contributed by atoms with Crippen LogP contribution in [0.25, 0.3) is 28.0 Å². The molecule has 0 N–H and O–H groups in total. The van der Waals surface area contributed by atoms with E-state index in [0.717, 1.165) is 23.4 Å². The van der Waals surface area contributed by atoms with Gasteiger partial charge in [-0.05, 0) is 66.1 Å². The molecule has 4 aromatic rings. The summed E-state index contributed by atoms with van der Waals surface area (Å²) in [6.07, 6.45) is -2.07. The summed E-state index contributed by atoms with van der Waals surface area (Å²) in [6, 6.07) is 16.2. The second-order valence-corrected chi connectivity index (χ2v) is 9.75. The van der Waals surface area contributed by atoms with Crippen LogP contribution in [0.5, 0.6) is 5.75 Å². The fraction of sp³-hybridized carbons (Fsp3) is 0.300. The fourth-order valence-corrected chi connectivity index (χ4v) is 5.01. The number of halogens is 3. The quantitative estimate of drug-likeness (QED) is 0.326. The second-order valence-electron chi connectivity index (χ2n) is 9.75. The number of carbonyl (C=O) groups excluding carboxylic acids is 2.